The van der Waals surface area contributed by atoms with Crippen molar-refractivity contribution >= 4 is 12.0 Å². The molecule has 0 bridgehead atoms. The standard InChI is InChI=1S/C15H14F3N3O4/c1-2-25-12(22)10-11(9-5-3-8(7-19)4-6-9)20-13(23)21-14(10,24)15(16,17)18/h3-6,10-11,24H,2H2,1H3,(H2,20,21,23)/t10-,11-,14+/m0/s1. The van der Waals surface area contributed by atoms with Crippen molar-refractivity contribution < 1.29 is 32.6 Å². The number of carbonyl (C=O) groups is 2. The van der Waals surface area contributed by atoms with Crippen LogP contribution in [-0.4, -0.2) is 35.6 Å². The molecule has 2 rings (SSSR count). The quantitative estimate of drug-likeness (QED) is 0.707. The van der Waals surface area contributed by atoms with Gasteiger partial charge in [-0.25, -0.2) is 4.79 Å². The zero-order valence-corrected chi connectivity index (χ0v) is 12.9. The highest BCUT2D eigenvalue weighted by molar-refractivity contribution is 5.83. The number of rotatable bonds is 3. The minimum atomic E-state index is -5.33. The first-order valence-electron chi connectivity index (χ1n) is 7.18. The predicted molar refractivity (Wildman–Crippen MR) is 76.7 cm³/mol. The van der Waals surface area contributed by atoms with E-state index in [-0.39, 0.29) is 17.7 Å². The van der Waals surface area contributed by atoms with Crippen LogP contribution >= 0.6 is 0 Å². The van der Waals surface area contributed by atoms with Crippen molar-refractivity contribution in [1.82, 2.24) is 10.6 Å². The van der Waals surface area contributed by atoms with E-state index < -0.39 is 35.9 Å². The van der Waals surface area contributed by atoms with Crippen LogP contribution in [0.15, 0.2) is 24.3 Å². The highest BCUT2D eigenvalue weighted by Gasteiger charge is 2.67. The first-order valence-corrected chi connectivity index (χ1v) is 7.18. The van der Waals surface area contributed by atoms with Crippen LogP contribution in [0.2, 0.25) is 0 Å². The molecular weight excluding hydrogens is 343 g/mol. The van der Waals surface area contributed by atoms with Crippen molar-refractivity contribution in [3.8, 4) is 6.07 Å². The molecule has 134 valence electrons. The molecule has 1 aliphatic rings. The zero-order valence-electron chi connectivity index (χ0n) is 12.9. The van der Waals surface area contributed by atoms with Gasteiger partial charge in [-0.05, 0) is 24.6 Å². The van der Waals surface area contributed by atoms with Gasteiger partial charge in [-0.2, -0.15) is 18.4 Å². The molecule has 1 aliphatic heterocycles. The number of nitriles is 1. The lowest BCUT2D eigenvalue weighted by molar-refractivity contribution is -0.294. The highest BCUT2D eigenvalue weighted by atomic mass is 19.4. The molecule has 0 aromatic heterocycles. The molecule has 1 fully saturated rings. The molecule has 0 saturated carbocycles. The van der Waals surface area contributed by atoms with E-state index in [4.69, 9.17) is 5.26 Å². The summed E-state index contributed by atoms with van der Waals surface area (Å²) in [5, 5.41) is 22.5. The maximum absolute atomic E-state index is 13.4. The lowest BCUT2D eigenvalue weighted by Gasteiger charge is -2.44. The summed E-state index contributed by atoms with van der Waals surface area (Å²) in [4.78, 5) is 23.8. The Bertz CT molecular complexity index is 714. The summed E-state index contributed by atoms with van der Waals surface area (Å²) in [6, 6.07) is 4.25. The first kappa shape index (κ1) is 18.5. The molecule has 10 heteroatoms. The fourth-order valence-electron chi connectivity index (χ4n) is 2.58. The van der Waals surface area contributed by atoms with Gasteiger partial charge in [-0.1, -0.05) is 12.1 Å². The summed E-state index contributed by atoms with van der Waals surface area (Å²) in [5.41, 5.74) is -3.46. The molecular formula is C15H14F3N3O4. The van der Waals surface area contributed by atoms with Crippen LogP contribution < -0.4 is 10.6 Å². The molecule has 1 aromatic carbocycles. The zero-order chi connectivity index (χ0) is 18.8. The molecule has 25 heavy (non-hydrogen) atoms. The van der Waals surface area contributed by atoms with Crippen LogP contribution in [-0.2, 0) is 9.53 Å². The second kappa shape index (κ2) is 6.60. The van der Waals surface area contributed by atoms with E-state index in [1.807, 2.05) is 6.07 Å². The Morgan fingerprint density at radius 3 is 2.48 bits per heavy atom. The van der Waals surface area contributed by atoms with Gasteiger partial charge in [0, 0.05) is 0 Å². The Labute approximate surface area is 140 Å². The van der Waals surface area contributed by atoms with Gasteiger partial charge in [0.25, 0.3) is 5.72 Å². The van der Waals surface area contributed by atoms with E-state index in [2.05, 4.69) is 10.1 Å². The molecule has 2 amide bonds. The largest absolute Gasteiger partial charge is 0.466 e. The molecule has 0 aliphatic carbocycles. The minimum Gasteiger partial charge on any atom is -0.466 e. The van der Waals surface area contributed by atoms with E-state index in [1.54, 1.807) is 0 Å². The van der Waals surface area contributed by atoms with Gasteiger partial charge in [0.15, 0.2) is 0 Å². The number of ether oxygens (including phenoxy) is 1. The van der Waals surface area contributed by atoms with Crippen LogP contribution in [0.4, 0.5) is 18.0 Å². The maximum atomic E-state index is 13.4. The summed E-state index contributed by atoms with van der Waals surface area (Å²) in [5.74, 6) is -3.51. The molecule has 1 heterocycles. The van der Waals surface area contributed by atoms with E-state index in [1.165, 1.54) is 36.5 Å². The number of esters is 1. The lowest BCUT2D eigenvalue weighted by Crippen LogP contribution is -2.73. The van der Waals surface area contributed by atoms with Crippen molar-refractivity contribution in [3.05, 3.63) is 35.4 Å². The van der Waals surface area contributed by atoms with E-state index in [9.17, 15) is 27.9 Å². The number of benzene rings is 1. The molecule has 1 aromatic rings. The molecule has 7 nitrogen and oxygen atoms in total. The summed E-state index contributed by atoms with van der Waals surface area (Å²) >= 11 is 0. The number of alkyl halides is 3. The Kier molecular flexibility index (Phi) is 4.89. The van der Waals surface area contributed by atoms with Crippen molar-refractivity contribution in [3.63, 3.8) is 0 Å². The van der Waals surface area contributed by atoms with Gasteiger partial charge in [0.2, 0.25) is 0 Å². The van der Waals surface area contributed by atoms with E-state index in [0.717, 1.165) is 0 Å². The number of carbonyl (C=O) groups excluding carboxylic acids is 2. The lowest BCUT2D eigenvalue weighted by atomic mass is 9.82. The minimum absolute atomic E-state index is 0.106. The Hall–Kier alpha value is -2.80. The fourth-order valence-corrected chi connectivity index (χ4v) is 2.58. The van der Waals surface area contributed by atoms with Crippen molar-refractivity contribution in [1.29, 1.82) is 5.26 Å². The average Bonchev–Trinajstić information content (AvgIpc) is 2.53. The van der Waals surface area contributed by atoms with Gasteiger partial charge in [-0.15, -0.1) is 0 Å². The van der Waals surface area contributed by atoms with Crippen LogP contribution in [0.5, 0.6) is 0 Å². The predicted octanol–water partition coefficient (Wildman–Crippen LogP) is 1.34. The van der Waals surface area contributed by atoms with Crippen molar-refractivity contribution in [2.45, 2.75) is 24.9 Å². The van der Waals surface area contributed by atoms with Crippen LogP contribution in [0, 0.1) is 17.2 Å². The third-order valence-electron chi connectivity index (χ3n) is 3.75. The van der Waals surface area contributed by atoms with Gasteiger partial charge in [0.1, 0.15) is 5.92 Å². The molecule has 1 saturated heterocycles. The van der Waals surface area contributed by atoms with Crippen molar-refractivity contribution in [2.24, 2.45) is 5.92 Å². The maximum Gasteiger partial charge on any atom is 0.437 e. The molecule has 0 unspecified atom stereocenters. The fraction of sp³-hybridized carbons (Fsp3) is 0.400. The Morgan fingerprint density at radius 1 is 1.40 bits per heavy atom. The van der Waals surface area contributed by atoms with E-state index in [0.29, 0.717) is 0 Å². The number of aliphatic hydroxyl groups is 1. The third kappa shape index (κ3) is 3.36. The summed E-state index contributed by atoms with van der Waals surface area (Å²) in [7, 11) is 0. The van der Waals surface area contributed by atoms with Crippen molar-refractivity contribution in [2.75, 3.05) is 6.61 Å². The molecule has 3 atom stereocenters. The summed E-state index contributed by atoms with van der Waals surface area (Å²) in [6.45, 7) is 1.19. The molecule has 3 N–H and O–H groups in total. The van der Waals surface area contributed by atoms with Gasteiger partial charge < -0.3 is 20.5 Å². The van der Waals surface area contributed by atoms with Gasteiger partial charge in [0.05, 0.1) is 24.3 Å². The van der Waals surface area contributed by atoms with Gasteiger partial charge >= 0.3 is 18.2 Å². The van der Waals surface area contributed by atoms with Gasteiger partial charge in [-0.3, -0.25) is 4.79 Å². The summed E-state index contributed by atoms with van der Waals surface area (Å²) in [6.07, 6.45) is -5.33. The van der Waals surface area contributed by atoms with Crippen LogP contribution in [0.3, 0.4) is 0 Å². The Balaban J connectivity index is 2.55. The smallest absolute Gasteiger partial charge is 0.437 e. The van der Waals surface area contributed by atoms with Crippen LogP contribution in [0.1, 0.15) is 24.1 Å². The van der Waals surface area contributed by atoms with E-state index >= 15 is 0 Å². The number of halogens is 3. The Morgan fingerprint density at radius 2 is 2.00 bits per heavy atom. The first-order chi connectivity index (χ1) is 11.6. The SMILES string of the molecule is CCOC(=O)[C@@H]1[C@H](c2ccc(C#N)cc2)NC(=O)N[C@]1(O)C(F)(F)F. The average molecular weight is 357 g/mol. The highest BCUT2D eigenvalue weighted by Crippen LogP contribution is 2.43. The topological polar surface area (TPSA) is 111 Å². The number of nitrogens with one attached hydrogen (secondary N) is 2. The number of hydrogen-bond acceptors (Lipinski definition) is 5. The molecule has 0 spiro atoms. The third-order valence-corrected chi connectivity index (χ3v) is 3.75. The number of nitrogens with zero attached hydrogens (tertiary/aromatic N) is 1. The van der Waals surface area contributed by atoms with Crippen LogP contribution in [0.25, 0.3) is 0 Å². The second-order valence-corrected chi connectivity index (χ2v) is 5.30. The number of hydrogen-bond donors (Lipinski definition) is 3. The normalized spacial score (nSPS) is 26.2. The monoisotopic (exact) mass is 357 g/mol. The summed E-state index contributed by atoms with van der Waals surface area (Å²) < 4.78 is 44.9. The second-order valence-electron chi connectivity index (χ2n) is 5.30. The molecule has 0 radical (unpaired) electrons. The number of amides is 2. The number of urea groups is 1.